The lowest BCUT2D eigenvalue weighted by atomic mass is 10.1. The molecule has 2 aromatic carbocycles. The minimum atomic E-state index is 0.0323. The second kappa shape index (κ2) is 6.76. The topological polar surface area (TPSA) is 46.3 Å². The Bertz CT molecular complexity index is 638. The number of nitrogens with zero attached hydrogens (tertiary/aromatic N) is 1. The second-order valence-corrected chi connectivity index (χ2v) is 5.90. The third-order valence-electron chi connectivity index (χ3n) is 3.37. The summed E-state index contributed by atoms with van der Waals surface area (Å²) in [6.45, 7) is 5.21. The van der Waals surface area contributed by atoms with Gasteiger partial charge in [0.25, 0.3) is 5.91 Å². The minimum Gasteiger partial charge on any atom is -0.399 e. The smallest absolute Gasteiger partial charge is 0.255 e. The van der Waals surface area contributed by atoms with Crippen LogP contribution in [0.5, 0.6) is 0 Å². The summed E-state index contributed by atoms with van der Waals surface area (Å²) < 4.78 is 0.828. The molecule has 21 heavy (non-hydrogen) atoms. The summed E-state index contributed by atoms with van der Waals surface area (Å²) in [4.78, 5) is 14.5. The molecular weight excluding hydrogens is 328 g/mol. The number of hydrogen-bond donors (Lipinski definition) is 1. The maximum atomic E-state index is 12.7. The van der Waals surface area contributed by atoms with Gasteiger partial charge in [-0.25, -0.2) is 0 Å². The summed E-state index contributed by atoms with van der Waals surface area (Å²) in [7, 11) is 0. The highest BCUT2D eigenvalue weighted by atomic mass is 79.9. The molecule has 0 atom stereocenters. The Kier molecular flexibility index (Phi) is 5.02. The molecule has 2 N–H and O–H groups in total. The van der Waals surface area contributed by atoms with E-state index in [2.05, 4.69) is 15.9 Å². The van der Waals surface area contributed by atoms with Gasteiger partial charge >= 0.3 is 0 Å². The van der Waals surface area contributed by atoms with Crippen LogP contribution >= 0.6 is 15.9 Å². The third-order valence-corrected chi connectivity index (χ3v) is 4.07. The fourth-order valence-corrected chi connectivity index (χ4v) is 2.56. The number of benzene rings is 2. The van der Waals surface area contributed by atoms with Gasteiger partial charge in [0.1, 0.15) is 0 Å². The van der Waals surface area contributed by atoms with Crippen LogP contribution in [-0.2, 0) is 6.54 Å². The highest BCUT2D eigenvalue weighted by Gasteiger charge is 2.17. The molecule has 2 aromatic rings. The van der Waals surface area contributed by atoms with Crippen LogP contribution in [0.4, 0.5) is 5.69 Å². The van der Waals surface area contributed by atoms with Crippen molar-refractivity contribution in [2.45, 2.75) is 20.4 Å². The van der Waals surface area contributed by atoms with Gasteiger partial charge in [0.15, 0.2) is 0 Å². The van der Waals surface area contributed by atoms with Crippen molar-refractivity contribution in [1.82, 2.24) is 4.90 Å². The van der Waals surface area contributed by atoms with Crippen molar-refractivity contribution in [1.29, 1.82) is 0 Å². The quantitative estimate of drug-likeness (QED) is 0.850. The summed E-state index contributed by atoms with van der Waals surface area (Å²) in [6, 6.07) is 13.4. The van der Waals surface area contributed by atoms with E-state index in [4.69, 9.17) is 5.73 Å². The van der Waals surface area contributed by atoms with Crippen LogP contribution < -0.4 is 5.73 Å². The second-order valence-electron chi connectivity index (χ2n) is 5.04. The Morgan fingerprint density at radius 1 is 1.19 bits per heavy atom. The first-order chi connectivity index (χ1) is 10.0. The molecule has 1 amide bonds. The number of nitrogens with two attached hydrogens (primary N) is 1. The van der Waals surface area contributed by atoms with Gasteiger partial charge in [-0.2, -0.15) is 0 Å². The van der Waals surface area contributed by atoms with Crippen LogP contribution in [-0.4, -0.2) is 17.4 Å². The number of aryl methyl sites for hydroxylation is 1. The fourth-order valence-electron chi connectivity index (χ4n) is 2.14. The molecule has 0 fully saturated rings. The highest BCUT2D eigenvalue weighted by molar-refractivity contribution is 9.10. The van der Waals surface area contributed by atoms with Crippen molar-refractivity contribution in [3.63, 3.8) is 0 Å². The van der Waals surface area contributed by atoms with Gasteiger partial charge in [0.2, 0.25) is 0 Å². The zero-order valence-electron chi connectivity index (χ0n) is 12.3. The van der Waals surface area contributed by atoms with Gasteiger partial charge in [-0.1, -0.05) is 23.8 Å². The highest BCUT2D eigenvalue weighted by Crippen LogP contribution is 2.21. The van der Waals surface area contributed by atoms with E-state index in [1.54, 1.807) is 0 Å². The number of anilines is 1. The van der Waals surface area contributed by atoms with Crippen molar-refractivity contribution >= 4 is 27.5 Å². The molecule has 0 aliphatic carbocycles. The summed E-state index contributed by atoms with van der Waals surface area (Å²) in [5, 5.41) is 0. The van der Waals surface area contributed by atoms with E-state index >= 15 is 0 Å². The van der Waals surface area contributed by atoms with Crippen LogP contribution in [0.15, 0.2) is 46.9 Å². The lowest BCUT2D eigenvalue weighted by Gasteiger charge is -2.22. The summed E-state index contributed by atoms with van der Waals surface area (Å²) in [5.74, 6) is 0.0323. The number of carbonyl (C=O) groups is 1. The average molecular weight is 347 g/mol. The monoisotopic (exact) mass is 346 g/mol. The zero-order valence-corrected chi connectivity index (χ0v) is 13.9. The molecule has 2 rings (SSSR count). The largest absolute Gasteiger partial charge is 0.399 e. The van der Waals surface area contributed by atoms with Crippen LogP contribution in [0.3, 0.4) is 0 Å². The van der Waals surface area contributed by atoms with Crippen molar-refractivity contribution < 1.29 is 4.79 Å². The molecule has 0 heterocycles. The minimum absolute atomic E-state index is 0.0323. The Morgan fingerprint density at radius 3 is 2.48 bits per heavy atom. The molecule has 110 valence electrons. The van der Waals surface area contributed by atoms with E-state index < -0.39 is 0 Å². The summed E-state index contributed by atoms with van der Waals surface area (Å²) in [5.41, 5.74) is 9.27. The Morgan fingerprint density at radius 2 is 1.86 bits per heavy atom. The first-order valence-corrected chi connectivity index (χ1v) is 7.70. The molecule has 0 aliphatic heterocycles. The van der Waals surface area contributed by atoms with E-state index in [9.17, 15) is 4.79 Å². The molecule has 3 nitrogen and oxygen atoms in total. The third kappa shape index (κ3) is 3.85. The number of amides is 1. The van der Waals surface area contributed by atoms with Crippen molar-refractivity contribution in [2.24, 2.45) is 0 Å². The van der Waals surface area contributed by atoms with Gasteiger partial charge in [0.05, 0.1) is 5.56 Å². The molecule has 0 saturated carbocycles. The van der Waals surface area contributed by atoms with E-state index in [1.807, 2.05) is 61.2 Å². The number of carbonyl (C=O) groups excluding carboxylic acids is 1. The number of rotatable bonds is 4. The molecule has 0 radical (unpaired) electrons. The van der Waals surface area contributed by atoms with Crippen LogP contribution in [0.2, 0.25) is 0 Å². The van der Waals surface area contributed by atoms with Crippen LogP contribution in [0.1, 0.15) is 28.4 Å². The maximum Gasteiger partial charge on any atom is 0.255 e. The van der Waals surface area contributed by atoms with Crippen LogP contribution in [0, 0.1) is 6.92 Å². The Labute approximate surface area is 133 Å². The molecule has 4 heteroatoms. The van der Waals surface area contributed by atoms with Crippen molar-refractivity contribution in [2.75, 3.05) is 12.3 Å². The molecule has 0 aromatic heterocycles. The number of nitrogen functional groups attached to an aromatic ring is 1. The predicted octanol–water partition coefficient (Wildman–Crippen LogP) is 4.00. The van der Waals surface area contributed by atoms with E-state index in [0.717, 1.165) is 21.3 Å². The van der Waals surface area contributed by atoms with Gasteiger partial charge < -0.3 is 10.6 Å². The average Bonchev–Trinajstić information content (AvgIpc) is 2.48. The van der Waals surface area contributed by atoms with Gasteiger partial charge in [-0.15, -0.1) is 0 Å². The molecule has 0 saturated heterocycles. The lowest BCUT2D eigenvalue weighted by molar-refractivity contribution is 0.0751. The number of hydrogen-bond acceptors (Lipinski definition) is 2. The Balaban J connectivity index is 2.22. The summed E-state index contributed by atoms with van der Waals surface area (Å²) in [6.07, 6.45) is 0. The molecular formula is C17H19BrN2O. The first-order valence-electron chi connectivity index (χ1n) is 6.91. The van der Waals surface area contributed by atoms with Gasteiger partial charge in [-0.05, 0) is 59.6 Å². The SMILES string of the molecule is CCN(Cc1ccc(N)cc1)C(=O)c1cc(C)ccc1Br. The lowest BCUT2D eigenvalue weighted by Crippen LogP contribution is -2.30. The predicted molar refractivity (Wildman–Crippen MR) is 90.1 cm³/mol. The van der Waals surface area contributed by atoms with Crippen LogP contribution in [0.25, 0.3) is 0 Å². The number of halogens is 1. The molecule has 0 spiro atoms. The fraction of sp³-hybridized carbons (Fsp3) is 0.235. The summed E-state index contributed by atoms with van der Waals surface area (Å²) >= 11 is 3.46. The van der Waals surface area contributed by atoms with Gasteiger partial charge in [-0.3, -0.25) is 4.79 Å². The molecule has 0 unspecified atom stereocenters. The maximum absolute atomic E-state index is 12.7. The standard InChI is InChI=1S/C17H19BrN2O/c1-3-20(11-13-5-7-14(19)8-6-13)17(21)15-10-12(2)4-9-16(15)18/h4-10H,3,11,19H2,1-2H3. The van der Waals surface area contributed by atoms with E-state index in [1.165, 1.54) is 0 Å². The normalized spacial score (nSPS) is 10.4. The molecule has 0 aliphatic rings. The molecule has 0 bridgehead atoms. The van der Waals surface area contributed by atoms with Gasteiger partial charge in [0, 0.05) is 23.2 Å². The first kappa shape index (κ1) is 15.6. The van der Waals surface area contributed by atoms with E-state index in [0.29, 0.717) is 18.7 Å². The van der Waals surface area contributed by atoms with Crippen molar-refractivity contribution in [3.05, 3.63) is 63.6 Å². The Hall–Kier alpha value is -1.81. The van der Waals surface area contributed by atoms with Crippen molar-refractivity contribution in [3.8, 4) is 0 Å². The van der Waals surface area contributed by atoms with E-state index in [-0.39, 0.29) is 5.91 Å². The zero-order chi connectivity index (χ0) is 15.4.